The topological polar surface area (TPSA) is 228 Å². The molecule has 0 aromatic heterocycles. The first-order chi connectivity index (χ1) is 48.1. The maximum Gasteiger partial charge on any atom is 0.220 e. The van der Waals surface area contributed by atoms with Crippen LogP contribution in [0.4, 0.5) is 0 Å². The highest BCUT2D eigenvalue weighted by Gasteiger charge is 2.51. The van der Waals surface area contributed by atoms with Gasteiger partial charge in [-0.05, 0) is 12.8 Å². The molecule has 9 N–H and O–H groups in total. The molecule has 12 unspecified atom stereocenters. The van der Waals surface area contributed by atoms with Crippen LogP contribution in [0.5, 0.6) is 0 Å². The van der Waals surface area contributed by atoms with E-state index in [0.29, 0.717) is 12.8 Å². The molecule has 0 aromatic rings. The van der Waals surface area contributed by atoms with Crippen LogP contribution in [0, 0.1) is 0 Å². The summed E-state index contributed by atoms with van der Waals surface area (Å²) in [6, 6.07) is -0.826. The Hall–Kier alpha value is -1.01. The largest absolute Gasteiger partial charge is 0.394 e. The van der Waals surface area contributed by atoms with Gasteiger partial charge in [0.2, 0.25) is 5.91 Å². The van der Waals surface area contributed by atoms with E-state index in [-0.39, 0.29) is 12.5 Å². The molecule has 0 bridgehead atoms. The number of aliphatic hydroxyl groups is 8. The van der Waals surface area contributed by atoms with Crippen molar-refractivity contribution < 1.29 is 64.6 Å². The summed E-state index contributed by atoms with van der Waals surface area (Å²) in [5, 5.41) is 87.9. The molecule has 0 radical (unpaired) electrons. The van der Waals surface area contributed by atoms with Gasteiger partial charge in [0.25, 0.3) is 0 Å². The van der Waals surface area contributed by atoms with Crippen molar-refractivity contribution in [2.45, 2.75) is 511 Å². The normalized spacial score (nSPS) is 21.9. The SMILES string of the molecule is CCCCCCCCCCCCCCCCCCCCCCCCCCCCCCCCCCCCCCCCCCC(=O)NC(COC1OC(CO)C(OC2OC(CO)C(O)C(O)C2O)C(O)C1O)C(O)CCCCCCCCCCCCCCCCCCCCCCCCCC. The summed E-state index contributed by atoms with van der Waals surface area (Å²) in [7, 11) is 0. The lowest BCUT2D eigenvalue weighted by atomic mass is 9.97. The minimum absolute atomic E-state index is 0.194. The molecule has 0 saturated carbocycles. The summed E-state index contributed by atoms with van der Waals surface area (Å²) in [5.74, 6) is -0.194. The standard InChI is InChI=1S/C84H165NO13/c1-3-5-7-9-11-13-15-17-19-21-23-25-27-29-30-31-32-33-34-35-36-37-38-39-40-41-42-43-44-46-48-50-52-54-56-58-60-62-64-66-68-76(89)85-72(71-95-83-81(94)79(92)82(75(70-87)97-83)98-84-80(93)78(91)77(90)74(69-86)96-84)73(88)67-65-63-61-59-57-55-53-51-49-47-45-28-26-24-22-20-18-16-14-12-10-8-6-4-2/h72-75,77-84,86-88,90-94H,3-71H2,1-2H3,(H,85,89). The Morgan fingerprint density at radius 3 is 0.867 bits per heavy atom. The van der Waals surface area contributed by atoms with Crippen LogP contribution in [0.3, 0.4) is 0 Å². The Labute approximate surface area is 604 Å². The Bertz CT molecular complexity index is 1650. The molecule has 12 atom stereocenters. The highest BCUT2D eigenvalue weighted by Crippen LogP contribution is 2.31. The van der Waals surface area contributed by atoms with Gasteiger partial charge in [-0.2, -0.15) is 0 Å². The van der Waals surface area contributed by atoms with Gasteiger partial charge >= 0.3 is 0 Å². The Morgan fingerprint density at radius 1 is 0.327 bits per heavy atom. The average molecular weight is 1400 g/mol. The van der Waals surface area contributed by atoms with Crippen LogP contribution < -0.4 is 5.32 Å². The van der Waals surface area contributed by atoms with Crippen LogP contribution >= 0.6 is 0 Å². The molecule has 2 aliphatic heterocycles. The maximum absolute atomic E-state index is 13.4. The number of amides is 1. The van der Waals surface area contributed by atoms with Crippen molar-refractivity contribution in [2.24, 2.45) is 0 Å². The number of ether oxygens (including phenoxy) is 4. The lowest BCUT2D eigenvalue weighted by molar-refractivity contribution is -0.359. The fourth-order valence-electron chi connectivity index (χ4n) is 15.0. The van der Waals surface area contributed by atoms with Crippen molar-refractivity contribution in [3.63, 3.8) is 0 Å². The Balaban J connectivity index is 1.54. The molecule has 0 aromatic carbocycles. The van der Waals surface area contributed by atoms with Crippen LogP contribution in [0.1, 0.15) is 438 Å². The van der Waals surface area contributed by atoms with Gasteiger partial charge in [0.1, 0.15) is 48.8 Å². The average Bonchev–Trinajstić information content (AvgIpc) is 0.793. The fourth-order valence-corrected chi connectivity index (χ4v) is 15.0. The van der Waals surface area contributed by atoms with E-state index in [4.69, 9.17) is 18.9 Å². The molecule has 0 aliphatic carbocycles. The van der Waals surface area contributed by atoms with E-state index in [1.807, 2.05) is 0 Å². The molecule has 98 heavy (non-hydrogen) atoms. The third-order valence-corrected chi connectivity index (χ3v) is 21.8. The minimum atomic E-state index is -1.78. The Kier molecular flexibility index (Phi) is 65.6. The summed E-state index contributed by atoms with van der Waals surface area (Å²) in [6.45, 7) is 2.95. The van der Waals surface area contributed by atoms with Gasteiger partial charge in [-0.15, -0.1) is 0 Å². The molecule has 14 nitrogen and oxygen atoms in total. The number of carbonyl (C=O) groups is 1. The van der Waals surface area contributed by atoms with Crippen molar-refractivity contribution in [1.29, 1.82) is 0 Å². The van der Waals surface area contributed by atoms with E-state index in [0.717, 1.165) is 51.4 Å². The van der Waals surface area contributed by atoms with E-state index in [1.165, 1.54) is 360 Å². The van der Waals surface area contributed by atoms with Crippen molar-refractivity contribution in [2.75, 3.05) is 19.8 Å². The van der Waals surface area contributed by atoms with E-state index in [9.17, 15) is 45.6 Å². The molecule has 584 valence electrons. The number of nitrogens with one attached hydrogen (secondary N) is 1. The van der Waals surface area contributed by atoms with Gasteiger partial charge in [0, 0.05) is 6.42 Å². The molecule has 2 rings (SSSR count). The van der Waals surface area contributed by atoms with Crippen LogP contribution in [-0.2, 0) is 23.7 Å². The van der Waals surface area contributed by atoms with Crippen LogP contribution in [0.25, 0.3) is 0 Å². The first-order valence-corrected chi connectivity index (χ1v) is 43.3. The van der Waals surface area contributed by atoms with Gasteiger partial charge in [-0.3, -0.25) is 4.79 Å². The number of hydrogen-bond donors (Lipinski definition) is 9. The smallest absolute Gasteiger partial charge is 0.220 e. The number of unbranched alkanes of at least 4 members (excludes halogenated alkanes) is 62. The fraction of sp³-hybridized carbons (Fsp3) is 0.988. The molecule has 2 heterocycles. The second-order valence-corrected chi connectivity index (χ2v) is 31.0. The van der Waals surface area contributed by atoms with E-state index in [2.05, 4.69) is 19.2 Å². The molecular weight excluding hydrogens is 1230 g/mol. The second-order valence-electron chi connectivity index (χ2n) is 31.0. The van der Waals surface area contributed by atoms with E-state index in [1.54, 1.807) is 0 Å². The molecule has 2 aliphatic rings. The van der Waals surface area contributed by atoms with Gasteiger partial charge in [-0.25, -0.2) is 0 Å². The molecule has 1 amide bonds. The summed E-state index contributed by atoms with van der Waals surface area (Å²) in [5.41, 5.74) is 0. The van der Waals surface area contributed by atoms with Crippen molar-refractivity contribution in [3.8, 4) is 0 Å². The van der Waals surface area contributed by atoms with Crippen molar-refractivity contribution in [3.05, 3.63) is 0 Å². The molecule has 0 spiro atoms. The predicted molar refractivity (Wildman–Crippen MR) is 406 cm³/mol. The molecular formula is C84H165NO13. The van der Waals surface area contributed by atoms with Crippen LogP contribution in [0.15, 0.2) is 0 Å². The third kappa shape index (κ3) is 51.2. The number of carbonyl (C=O) groups excluding carboxylic acids is 1. The van der Waals surface area contributed by atoms with Gasteiger partial charge in [-0.1, -0.05) is 418 Å². The second kappa shape index (κ2) is 69.1. The van der Waals surface area contributed by atoms with Crippen LogP contribution in [-0.4, -0.2) is 140 Å². The summed E-state index contributed by atoms with van der Waals surface area (Å²) < 4.78 is 23.0. The maximum atomic E-state index is 13.4. The highest BCUT2D eigenvalue weighted by atomic mass is 16.7. The zero-order chi connectivity index (χ0) is 70.8. The zero-order valence-corrected chi connectivity index (χ0v) is 64.3. The summed E-state index contributed by atoms with van der Waals surface area (Å²) >= 11 is 0. The summed E-state index contributed by atoms with van der Waals surface area (Å²) in [4.78, 5) is 13.4. The van der Waals surface area contributed by atoms with E-state index < -0.39 is 86.8 Å². The van der Waals surface area contributed by atoms with Crippen LogP contribution in [0.2, 0.25) is 0 Å². The predicted octanol–water partition coefficient (Wildman–Crippen LogP) is 20.3. The first-order valence-electron chi connectivity index (χ1n) is 43.3. The third-order valence-electron chi connectivity index (χ3n) is 21.8. The van der Waals surface area contributed by atoms with Crippen molar-refractivity contribution in [1.82, 2.24) is 5.32 Å². The zero-order valence-electron chi connectivity index (χ0n) is 64.3. The number of aliphatic hydroxyl groups excluding tert-OH is 8. The van der Waals surface area contributed by atoms with Gasteiger partial charge < -0.3 is 65.1 Å². The summed E-state index contributed by atoms with van der Waals surface area (Å²) in [6.07, 6.45) is 70.4. The monoisotopic (exact) mass is 1400 g/mol. The molecule has 14 heteroatoms. The van der Waals surface area contributed by atoms with E-state index >= 15 is 0 Å². The van der Waals surface area contributed by atoms with Gasteiger partial charge in [0.15, 0.2) is 12.6 Å². The lowest BCUT2D eigenvalue weighted by Crippen LogP contribution is -2.65. The first kappa shape index (κ1) is 93.1. The molecule has 2 saturated heterocycles. The highest BCUT2D eigenvalue weighted by molar-refractivity contribution is 5.76. The Morgan fingerprint density at radius 2 is 0.582 bits per heavy atom. The van der Waals surface area contributed by atoms with Crippen molar-refractivity contribution >= 4 is 5.91 Å². The van der Waals surface area contributed by atoms with Gasteiger partial charge in [0.05, 0.1) is 32.0 Å². The lowest BCUT2D eigenvalue weighted by Gasteiger charge is -2.46. The minimum Gasteiger partial charge on any atom is -0.394 e. The molecule has 2 fully saturated rings. The number of hydrogen-bond acceptors (Lipinski definition) is 13. The number of rotatable bonds is 75. The quantitative estimate of drug-likeness (QED) is 0.0259.